The molecular weight excluding hydrogens is 276 g/mol. The van der Waals surface area contributed by atoms with E-state index in [9.17, 15) is 20.0 Å². The van der Waals surface area contributed by atoms with Gasteiger partial charge < -0.3 is 15.2 Å². The zero-order valence-corrected chi connectivity index (χ0v) is 11.1. The van der Waals surface area contributed by atoms with Gasteiger partial charge in [0, 0.05) is 11.8 Å². The second kappa shape index (κ2) is 5.91. The van der Waals surface area contributed by atoms with Gasteiger partial charge in [-0.3, -0.25) is 10.1 Å². The number of nitrogens with one attached hydrogen (secondary N) is 1. The number of phenols is 1. The lowest BCUT2D eigenvalue weighted by molar-refractivity contribution is -0.383. The Balaban J connectivity index is 2.36. The number of nitrogens with zero attached hydrogens (tertiary/aromatic N) is 1. The Morgan fingerprint density at radius 1 is 1.24 bits per heavy atom. The average Bonchev–Trinajstić information content (AvgIpc) is 2.49. The van der Waals surface area contributed by atoms with Crippen molar-refractivity contribution in [3.63, 3.8) is 0 Å². The Kier molecular flexibility index (Phi) is 4.03. The highest BCUT2D eigenvalue weighted by Crippen LogP contribution is 2.29. The predicted octanol–water partition coefficient (Wildman–Crippen LogP) is 2.83. The largest absolute Gasteiger partial charge is 0.508 e. The number of aromatic hydroxyl groups is 1. The molecule has 2 aromatic rings. The summed E-state index contributed by atoms with van der Waals surface area (Å²) in [5.41, 5.74) is 0.659. The number of carbonyl (C=O) groups is 1. The minimum Gasteiger partial charge on any atom is -0.508 e. The van der Waals surface area contributed by atoms with Crippen LogP contribution in [0.5, 0.6) is 5.75 Å². The van der Waals surface area contributed by atoms with Gasteiger partial charge in [-0.15, -0.1) is 0 Å². The molecule has 108 valence electrons. The van der Waals surface area contributed by atoms with Crippen molar-refractivity contribution in [2.45, 2.75) is 0 Å². The van der Waals surface area contributed by atoms with E-state index >= 15 is 0 Å². The van der Waals surface area contributed by atoms with Gasteiger partial charge in [0.1, 0.15) is 11.4 Å². The molecule has 2 aromatic carbocycles. The Hall–Kier alpha value is -3.09. The van der Waals surface area contributed by atoms with Crippen LogP contribution >= 0.6 is 0 Å². The molecule has 0 aliphatic carbocycles. The average molecular weight is 288 g/mol. The highest BCUT2D eigenvalue weighted by atomic mass is 16.6. The third-order valence-electron chi connectivity index (χ3n) is 2.76. The van der Waals surface area contributed by atoms with Crippen molar-refractivity contribution < 1.29 is 19.6 Å². The second-order valence-electron chi connectivity index (χ2n) is 4.15. The molecule has 0 radical (unpaired) electrons. The van der Waals surface area contributed by atoms with Crippen molar-refractivity contribution in [2.24, 2.45) is 0 Å². The fourth-order valence-corrected chi connectivity index (χ4v) is 1.73. The summed E-state index contributed by atoms with van der Waals surface area (Å²) in [6.07, 6.45) is 0. The van der Waals surface area contributed by atoms with Gasteiger partial charge in [0.15, 0.2) is 0 Å². The van der Waals surface area contributed by atoms with E-state index < -0.39 is 10.9 Å². The molecule has 0 unspecified atom stereocenters. The molecule has 0 bridgehead atoms. The summed E-state index contributed by atoms with van der Waals surface area (Å²) in [7, 11) is 1.21. The standard InChI is InChI=1S/C14H12N2O5/c1-21-14(18)9-2-7-12(13(8-9)16(19)20)15-10-3-5-11(17)6-4-10/h2-8,15,17H,1H3. The first kappa shape index (κ1) is 14.3. The Morgan fingerprint density at radius 2 is 1.90 bits per heavy atom. The molecule has 0 atom stereocenters. The third-order valence-corrected chi connectivity index (χ3v) is 2.76. The van der Waals surface area contributed by atoms with Gasteiger partial charge in [-0.25, -0.2) is 4.79 Å². The molecule has 0 fully saturated rings. The van der Waals surface area contributed by atoms with Crippen LogP contribution in [0, 0.1) is 10.1 Å². The zero-order valence-electron chi connectivity index (χ0n) is 11.1. The highest BCUT2D eigenvalue weighted by Gasteiger charge is 2.18. The van der Waals surface area contributed by atoms with Crippen molar-refractivity contribution in [3.8, 4) is 5.75 Å². The topological polar surface area (TPSA) is 102 Å². The third kappa shape index (κ3) is 3.27. The molecule has 0 spiro atoms. The lowest BCUT2D eigenvalue weighted by Crippen LogP contribution is -2.04. The number of ether oxygens (including phenoxy) is 1. The van der Waals surface area contributed by atoms with Crippen LogP contribution in [0.25, 0.3) is 0 Å². The minimum atomic E-state index is -0.644. The summed E-state index contributed by atoms with van der Waals surface area (Å²) < 4.78 is 4.53. The Morgan fingerprint density at radius 3 is 2.48 bits per heavy atom. The number of methoxy groups -OCH3 is 1. The van der Waals surface area contributed by atoms with Gasteiger partial charge in [0.25, 0.3) is 5.69 Å². The summed E-state index contributed by atoms with van der Waals surface area (Å²) in [5.74, 6) is -0.551. The van der Waals surface area contributed by atoms with Crippen molar-refractivity contribution in [1.29, 1.82) is 0 Å². The maximum absolute atomic E-state index is 11.4. The van der Waals surface area contributed by atoms with Gasteiger partial charge in [0.2, 0.25) is 0 Å². The van der Waals surface area contributed by atoms with Gasteiger partial charge in [-0.1, -0.05) is 0 Å². The Labute approximate surface area is 119 Å². The summed E-state index contributed by atoms with van der Waals surface area (Å²) in [6.45, 7) is 0. The van der Waals surface area contributed by atoms with E-state index in [1.54, 1.807) is 12.1 Å². The van der Waals surface area contributed by atoms with E-state index in [1.165, 1.54) is 31.4 Å². The van der Waals surface area contributed by atoms with Crippen LogP contribution in [0.1, 0.15) is 10.4 Å². The minimum absolute atomic E-state index is 0.0936. The number of hydrogen-bond acceptors (Lipinski definition) is 6. The van der Waals surface area contributed by atoms with Crippen molar-refractivity contribution in [1.82, 2.24) is 0 Å². The molecule has 2 rings (SSSR count). The van der Waals surface area contributed by atoms with Crippen LogP contribution in [0.3, 0.4) is 0 Å². The number of carbonyl (C=O) groups excluding carboxylic acids is 1. The van der Waals surface area contributed by atoms with Crippen LogP contribution in [0.15, 0.2) is 42.5 Å². The molecule has 0 aromatic heterocycles. The summed E-state index contributed by atoms with van der Waals surface area (Å²) >= 11 is 0. The molecule has 0 amide bonds. The molecule has 7 nitrogen and oxygen atoms in total. The van der Waals surface area contributed by atoms with E-state index in [0.29, 0.717) is 5.69 Å². The molecule has 0 heterocycles. The van der Waals surface area contributed by atoms with Gasteiger partial charge in [-0.2, -0.15) is 0 Å². The van der Waals surface area contributed by atoms with E-state index in [4.69, 9.17) is 0 Å². The van der Waals surface area contributed by atoms with E-state index in [2.05, 4.69) is 10.1 Å². The van der Waals surface area contributed by atoms with Crippen LogP contribution < -0.4 is 5.32 Å². The van der Waals surface area contributed by atoms with Crippen LogP contribution in [-0.4, -0.2) is 23.1 Å². The predicted molar refractivity (Wildman–Crippen MR) is 75.8 cm³/mol. The second-order valence-corrected chi connectivity index (χ2v) is 4.15. The number of hydrogen-bond donors (Lipinski definition) is 2. The maximum Gasteiger partial charge on any atom is 0.338 e. The van der Waals surface area contributed by atoms with Crippen LogP contribution in [-0.2, 0) is 4.74 Å². The van der Waals surface area contributed by atoms with E-state index in [-0.39, 0.29) is 22.7 Å². The number of anilines is 2. The smallest absolute Gasteiger partial charge is 0.338 e. The summed E-state index contributed by atoms with van der Waals surface area (Å²) in [5, 5.41) is 23.2. The van der Waals surface area contributed by atoms with Crippen molar-refractivity contribution in [3.05, 3.63) is 58.1 Å². The summed E-state index contributed by atoms with van der Waals surface area (Å²) in [6, 6.07) is 10.1. The van der Waals surface area contributed by atoms with Gasteiger partial charge in [0.05, 0.1) is 17.6 Å². The lowest BCUT2D eigenvalue weighted by atomic mass is 10.1. The highest BCUT2D eigenvalue weighted by molar-refractivity contribution is 5.91. The molecule has 0 aliphatic rings. The molecule has 2 N–H and O–H groups in total. The van der Waals surface area contributed by atoms with Crippen molar-refractivity contribution >= 4 is 23.0 Å². The Bertz CT molecular complexity index is 682. The SMILES string of the molecule is COC(=O)c1ccc(Nc2ccc(O)cc2)c([N+](=O)[O-])c1. The maximum atomic E-state index is 11.4. The number of nitro benzene ring substituents is 1. The molecular formula is C14H12N2O5. The fourth-order valence-electron chi connectivity index (χ4n) is 1.73. The normalized spacial score (nSPS) is 9.95. The fraction of sp³-hybridized carbons (Fsp3) is 0.0714. The quantitative estimate of drug-likeness (QED) is 0.388. The lowest BCUT2D eigenvalue weighted by Gasteiger charge is -2.08. The first-order valence-corrected chi connectivity index (χ1v) is 5.94. The number of phenolic OH excluding ortho intramolecular Hbond substituents is 1. The molecule has 0 saturated heterocycles. The number of rotatable bonds is 4. The molecule has 0 aliphatic heterocycles. The monoisotopic (exact) mass is 288 g/mol. The van der Waals surface area contributed by atoms with Gasteiger partial charge in [-0.05, 0) is 36.4 Å². The molecule has 21 heavy (non-hydrogen) atoms. The first-order chi connectivity index (χ1) is 10.0. The van der Waals surface area contributed by atoms with Gasteiger partial charge >= 0.3 is 5.97 Å². The number of benzene rings is 2. The molecule has 0 saturated carbocycles. The molecule has 7 heteroatoms. The van der Waals surface area contributed by atoms with Crippen molar-refractivity contribution in [2.75, 3.05) is 12.4 Å². The summed E-state index contributed by atoms with van der Waals surface area (Å²) in [4.78, 5) is 21.9. The van der Waals surface area contributed by atoms with E-state index in [1.807, 2.05) is 0 Å². The number of esters is 1. The van der Waals surface area contributed by atoms with Crippen LogP contribution in [0.2, 0.25) is 0 Å². The number of nitro groups is 1. The van der Waals surface area contributed by atoms with E-state index in [0.717, 1.165) is 6.07 Å². The zero-order chi connectivity index (χ0) is 15.4. The van der Waals surface area contributed by atoms with Crippen LogP contribution in [0.4, 0.5) is 17.1 Å². The first-order valence-electron chi connectivity index (χ1n) is 5.94.